The van der Waals surface area contributed by atoms with Crippen LogP contribution in [0.3, 0.4) is 0 Å². The number of amides is 1. The van der Waals surface area contributed by atoms with E-state index in [-0.39, 0.29) is 12.7 Å². The van der Waals surface area contributed by atoms with Crippen LogP contribution in [0.15, 0.2) is 24.3 Å². The summed E-state index contributed by atoms with van der Waals surface area (Å²) in [6.07, 6.45) is 3.32. The molecule has 8 heteroatoms. The van der Waals surface area contributed by atoms with Crippen LogP contribution in [-0.2, 0) is 19.4 Å². The maximum atomic E-state index is 12.4. The summed E-state index contributed by atoms with van der Waals surface area (Å²) < 4.78 is 10.7. The Balaban J connectivity index is 1.26. The first-order valence-corrected chi connectivity index (χ1v) is 10.2. The Morgan fingerprint density at radius 2 is 2.11 bits per heavy atom. The summed E-state index contributed by atoms with van der Waals surface area (Å²) in [5.74, 6) is 2.01. The second kappa shape index (κ2) is 7.74. The molecule has 1 atom stereocenters. The van der Waals surface area contributed by atoms with Gasteiger partial charge in [0, 0.05) is 11.4 Å². The topological polar surface area (TPSA) is 71.6 Å². The van der Waals surface area contributed by atoms with Crippen LogP contribution < -0.4 is 25.6 Å². The number of carbonyl (C=O) groups excluding carboxylic acids is 1. The highest BCUT2D eigenvalue weighted by molar-refractivity contribution is 7.80. The predicted octanol–water partition coefficient (Wildman–Crippen LogP) is 2.91. The van der Waals surface area contributed by atoms with Crippen molar-refractivity contribution in [1.82, 2.24) is 16.2 Å². The fourth-order valence-electron chi connectivity index (χ4n) is 3.27. The van der Waals surface area contributed by atoms with Crippen LogP contribution in [-0.4, -0.2) is 17.8 Å². The second-order valence-electron chi connectivity index (χ2n) is 6.86. The van der Waals surface area contributed by atoms with Gasteiger partial charge < -0.3 is 14.8 Å². The third-order valence-corrected chi connectivity index (χ3v) is 6.21. The van der Waals surface area contributed by atoms with Crippen LogP contribution in [0.25, 0.3) is 0 Å². The van der Waals surface area contributed by atoms with E-state index in [1.54, 1.807) is 11.3 Å². The molecule has 2 heterocycles. The molecule has 0 bridgehead atoms. The summed E-state index contributed by atoms with van der Waals surface area (Å²) in [6.45, 7) is 3.03. The SMILES string of the molecule is C[C@@H]1CCc2sc(C(=O)NNC(=S)NCc3ccc4c(c3)OCO4)cc2C1. The summed E-state index contributed by atoms with van der Waals surface area (Å²) in [5, 5.41) is 3.42. The van der Waals surface area contributed by atoms with Gasteiger partial charge in [0.25, 0.3) is 5.91 Å². The first kappa shape index (κ1) is 18.1. The van der Waals surface area contributed by atoms with Crippen molar-refractivity contribution in [2.45, 2.75) is 32.7 Å². The molecule has 1 aromatic carbocycles. The lowest BCUT2D eigenvalue weighted by Crippen LogP contribution is -2.46. The third-order valence-electron chi connectivity index (χ3n) is 4.73. The monoisotopic (exact) mass is 403 g/mol. The Bertz CT molecular complexity index is 881. The van der Waals surface area contributed by atoms with E-state index in [0.717, 1.165) is 34.8 Å². The van der Waals surface area contributed by atoms with E-state index in [9.17, 15) is 4.79 Å². The zero-order valence-corrected chi connectivity index (χ0v) is 16.6. The number of hydrazine groups is 1. The molecule has 142 valence electrons. The van der Waals surface area contributed by atoms with Gasteiger partial charge in [-0.1, -0.05) is 13.0 Å². The summed E-state index contributed by atoms with van der Waals surface area (Å²) in [5.41, 5.74) is 7.76. The molecule has 0 saturated carbocycles. The molecular weight excluding hydrogens is 382 g/mol. The minimum Gasteiger partial charge on any atom is -0.454 e. The first-order valence-electron chi connectivity index (χ1n) is 8.93. The van der Waals surface area contributed by atoms with Crippen molar-refractivity contribution < 1.29 is 14.3 Å². The van der Waals surface area contributed by atoms with E-state index in [2.05, 4.69) is 23.1 Å². The smallest absolute Gasteiger partial charge is 0.279 e. The molecule has 27 heavy (non-hydrogen) atoms. The van der Waals surface area contributed by atoms with Crippen molar-refractivity contribution in [3.05, 3.63) is 45.1 Å². The number of carbonyl (C=O) groups is 1. The molecule has 0 spiro atoms. The van der Waals surface area contributed by atoms with E-state index >= 15 is 0 Å². The number of hydrogen-bond acceptors (Lipinski definition) is 5. The third kappa shape index (κ3) is 4.17. The summed E-state index contributed by atoms with van der Waals surface area (Å²) in [4.78, 5) is 14.4. The van der Waals surface area contributed by atoms with Gasteiger partial charge in [-0.2, -0.15) is 0 Å². The molecular formula is C19H21N3O3S2. The van der Waals surface area contributed by atoms with Gasteiger partial charge in [-0.25, -0.2) is 0 Å². The van der Waals surface area contributed by atoms with Gasteiger partial charge in [0.1, 0.15) is 0 Å². The number of thiophene rings is 1. The number of hydrogen-bond donors (Lipinski definition) is 3. The number of aryl methyl sites for hydroxylation is 1. The predicted molar refractivity (Wildman–Crippen MR) is 108 cm³/mol. The molecule has 1 amide bonds. The number of rotatable bonds is 3. The lowest BCUT2D eigenvalue weighted by molar-refractivity contribution is 0.0947. The lowest BCUT2D eigenvalue weighted by atomic mass is 9.90. The van der Waals surface area contributed by atoms with E-state index in [1.165, 1.54) is 16.9 Å². The zero-order valence-electron chi connectivity index (χ0n) is 15.0. The summed E-state index contributed by atoms with van der Waals surface area (Å²) in [7, 11) is 0. The Morgan fingerprint density at radius 3 is 3.00 bits per heavy atom. The summed E-state index contributed by atoms with van der Waals surface area (Å²) >= 11 is 6.81. The van der Waals surface area contributed by atoms with Gasteiger partial charge in [-0.3, -0.25) is 15.6 Å². The van der Waals surface area contributed by atoms with Crippen molar-refractivity contribution >= 4 is 34.6 Å². The second-order valence-corrected chi connectivity index (χ2v) is 8.40. The maximum Gasteiger partial charge on any atom is 0.279 e. The Kier molecular flexibility index (Phi) is 5.18. The molecule has 1 aromatic heterocycles. The molecule has 2 aromatic rings. The Labute approximate surface area is 167 Å². The van der Waals surface area contributed by atoms with E-state index in [4.69, 9.17) is 21.7 Å². The molecule has 2 aliphatic rings. The highest BCUT2D eigenvalue weighted by Gasteiger charge is 2.20. The van der Waals surface area contributed by atoms with Gasteiger partial charge in [0.05, 0.1) is 4.88 Å². The average Bonchev–Trinajstić information content (AvgIpc) is 3.30. The van der Waals surface area contributed by atoms with Gasteiger partial charge in [0.15, 0.2) is 16.6 Å². The maximum absolute atomic E-state index is 12.4. The number of thiocarbonyl (C=S) groups is 1. The Hall–Kier alpha value is -2.32. The standard InChI is InChI=1S/C19H21N3O3S2/c1-11-2-5-16-13(6-11)8-17(27-16)18(23)21-22-19(26)20-9-12-3-4-14-15(7-12)25-10-24-14/h3-4,7-8,11H,2,5-6,9-10H2,1H3,(H,21,23)(H2,20,22,26)/t11-/m1/s1. The lowest BCUT2D eigenvalue weighted by Gasteiger charge is -2.16. The van der Waals surface area contributed by atoms with Crippen molar-refractivity contribution in [2.75, 3.05) is 6.79 Å². The minimum absolute atomic E-state index is 0.158. The molecule has 3 N–H and O–H groups in total. The van der Waals surface area contributed by atoms with Crippen molar-refractivity contribution in [2.24, 2.45) is 5.92 Å². The van der Waals surface area contributed by atoms with Gasteiger partial charge >= 0.3 is 0 Å². The van der Waals surface area contributed by atoms with Crippen LogP contribution >= 0.6 is 23.6 Å². The molecule has 0 radical (unpaired) electrons. The quantitative estimate of drug-likeness (QED) is 0.541. The molecule has 1 aliphatic carbocycles. The molecule has 4 rings (SSSR count). The number of benzene rings is 1. The zero-order chi connectivity index (χ0) is 18.8. The van der Waals surface area contributed by atoms with Crippen LogP contribution in [0.5, 0.6) is 11.5 Å². The molecule has 0 unspecified atom stereocenters. The number of ether oxygens (including phenoxy) is 2. The molecule has 0 fully saturated rings. The molecule has 1 aliphatic heterocycles. The van der Waals surface area contributed by atoms with Crippen molar-refractivity contribution in [1.29, 1.82) is 0 Å². The number of nitrogens with one attached hydrogen (secondary N) is 3. The highest BCUT2D eigenvalue weighted by Crippen LogP contribution is 2.33. The van der Waals surface area contributed by atoms with Crippen LogP contribution in [0.4, 0.5) is 0 Å². The molecule has 0 saturated heterocycles. The normalized spacial score (nSPS) is 17.1. The minimum atomic E-state index is -0.158. The highest BCUT2D eigenvalue weighted by atomic mass is 32.1. The molecule has 6 nitrogen and oxygen atoms in total. The van der Waals surface area contributed by atoms with Gasteiger partial charge in [-0.05, 0) is 66.7 Å². The largest absolute Gasteiger partial charge is 0.454 e. The Morgan fingerprint density at radius 1 is 1.26 bits per heavy atom. The van der Waals surface area contributed by atoms with Gasteiger partial charge in [0.2, 0.25) is 6.79 Å². The first-order chi connectivity index (χ1) is 13.1. The fraction of sp³-hybridized carbons (Fsp3) is 0.368. The van der Waals surface area contributed by atoms with Crippen LogP contribution in [0, 0.1) is 5.92 Å². The van der Waals surface area contributed by atoms with E-state index in [0.29, 0.717) is 17.6 Å². The van der Waals surface area contributed by atoms with Crippen LogP contribution in [0.2, 0.25) is 0 Å². The number of fused-ring (bicyclic) bond motifs is 2. The average molecular weight is 404 g/mol. The summed E-state index contributed by atoms with van der Waals surface area (Å²) in [6, 6.07) is 7.74. The van der Waals surface area contributed by atoms with Crippen molar-refractivity contribution in [3.8, 4) is 11.5 Å². The van der Waals surface area contributed by atoms with E-state index in [1.807, 2.05) is 24.3 Å². The fourth-order valence-corrected chi connectivity index (χ4v) is 4.50. The van der Waals surface area contributed by atoms with Crippen LogP contribution in [0.1, 0.15) is 39.0 Å². The van der Waals surface area contributed by atoms with Crippen molar-refractivity contribution in [3.63, 3.8) is 0 Å². The van der Waals surface area contributed by atoms with E-state index < -0.39 is 0 Å². The van der Waals surface area contributed by atoms with Gasteiger partial charge in [-0.15, -0.1) is 11.3 Å².